The maximum absolute atomic E-state index is 3.98. The van der Waals surface area contributed by atoms with Gasteiger partial charge in [0.25, 0.3) is 0 Å². The van der Waals surface area contributed by atoms with E-state index in [2.05, 4.69) is 73.7 Å². The Bertz CT molecular complexity index is 955. The summed E-state index contributed by atoms with van der Waals surface area (Å²) in [6.07, 6.45) is 11.5. The molecule has 0 spiro atoms. The van der Waals surface area contributed by atoms with Gasteiger partial charge < -0.3 is 0 Å². The molecule has 7 aliphatic rings. The minimum Gasteiger partial charge on any atom is -0.0622 e. The third-order valence-corrected chi connectivity index (χ3v) is 9.11. The van der Waals surface area contributed by atoms with Crippen LogP contribution in [0.5, 0.6) is 0 Å². The zero-order valence-electron chi connectivity index (χ0n) is 17.3. The molecule has 1 atom stereocenters. The molecule has 9 rings (SSSR count). The molecule has 6 bridgehead atoms. The van der Waals surface area contributed by atoms with Gasteiger partial charge in [-0.1, -0.05) is 67.6 Å². The van der Waals surface area contributed by atoms with Gasteiger partial charge >= 0.3 is 0 Å². The van der Waals surface area contributed by atoms with E-state index in [1.165, 1.54) is 43.2 Å². The quantitative estimate of drug-likeness (QED) is 0.556. The van der Waals surface area contributed by atoms with Crippen LogP contribution in [-0.4, -0.2) is 0 Å². The van der Waals surface area contributed by atoms with Crippen LogP contribution in [0.2, 0.25) is 0 Å². The van der Waals surface area contributed by atoms with Gasteiger partial charge in [0.15, 0.2) is 0 Å². The fourth-order valence-electron chi connectivity index (χ4n) is 8.53. The number of hydrogen-bond acceptors (Lipinski definition) is 0. The van der Waals surface area contributed by atoms with Crippen molar-refractivity contribution >= 4 is 0 Å². The molecule has 0 saturated heterocycles. The average Bonchev–Trinajstić information content (AvgIpc) is 3.24. The third kappa shape index (κ3) is 2.01. The zero-order chi connectivity index (χ0) is 19.2. The summed E-state index contributed by atoms with van der Waals surface area (Å²) >= 11 is 0. The first-order valence-electron chi connectivity index (χ1n) is 11.8. The van der Waals surface area contributed by atoms with Crippen LogP contribution in [0.15, 0.2) is 77.4 Å². The number of hydrogen-bond donors (Lipinski definition) is 0. The Morgan fingerprint density at radius 1 is 0.724 bits per heavy atom. The van der Waals surface area contributed by atoms with E-state index in [1.54, 1.807) is 16.7 Å². The van der Waals surface area contributed by atoms with Crippen LogP contribution in [0.3, 0.4) is 0 Å². The summed E-state index contributed by atoms with van der Waals surface area (Å²) in [5, 5.41) is 0. The van der Waals surface area contributed by atoms with E-state index in [9.17, 15) is 0 Å². The number of benzene rings is 2. The topological polar surface area (TPSA) is 0 Å². The molecule has 0 amide bonds. The largest absolute Gasteiger partial charge is 0.0679 e. The fourth-order valence-corrected chi connectivity index (χ4v) is 8.53. The molecule has 29 heavy (non-hydrogen) atoms. The van der Waals surface area contributed by atoms with Gasteiger partial charge in [0.05, 0.1) is 5.41 Å². The summed E-state index contributed by atoms with van der Waals surface area (Å²) in [5.74, 6) is 5.26. The van der Waals surface area contributed by atoms with Gasteiger partial charge in [0.2, 0.25) is 0 Å². The van der Waals surface area contributed by atoms with Crippen LogP contribution in [0.25, 0.3) is 0 Å². The molecule has 1 unspecified atom stereocenters. The Hall–Kier alpha value is -2.08. The lowest BCUT2D eigenvalue weighted by Gasteiger charge is -2.59. The molecule has 0 heteroatoms. The molecule has 2 aromatic carbocycles. The Kier molecular flexibility index (Phi) is 3.31. The standard InChI is InChI=1S/C29H29/c1-18-12-25-27(26-21-14-19-13-20(16-21)17-22(26)15-19)28(18)29(25,23-8-4-2-5-9-23)24-10-6-3-7-11-24/h2-11,18-22,26H,13-17H2,1H3. The highest BCUT2D eigenvalue weighted by Crippen LogP contribution is 2.70. The number of rotatable bonds is 3. The molecular weight excluding hydrogens is 348 g/mol. The van der Waals surface area contributed by atoms with Crippen molar-refractivity contribution in [3.05, 3.63) is 94.6 Å². The minimum absolute atomic E-state index is 0.0358. The zero-order valence-corrected chi connectivity index (χ0v) is 17.3. The van der Waals surface area contributed by atoms with Crippen molar-refractivity contribution in [3.8, 4) is 0 Å². The van der Waals surface area contributed by atoms with Gasteiger partial charge in [-0.05, 0) is 95.6 Å². The average molecular weight is 378 g/mol. The molecule has 0 nitrogen and oxygen atoms in total. The van der Waals surface area contributed by atoms with E-state index in [-0.39, 0.29) is 5.41 Å². The lowest BCUT2D eigenvalue weighted by molar-refractivity contribution is -0.0220. The number of fused-ring (bicyclic) bond motifs is 2. The summed E-state index contributed by atoms with van der Waals surface area (Å²) in [7, 11) is 0. The van der Waals surface area contributed by atoms with Crippen molar-refractivity contribution in [2.45, 2.75) is 44.4 Å². The van der Waals surface area contributed by atoms with Crippen LogP contribution >= 0.6 is 0 Å². The van der Waals surface area contributed by atoms with E-state index in [4.69, 9.17) is 0 Å². The first-order chi connectivity index (χ1) is 14.3. The molecule has 7 aliphatic carbocycles. The lowest BCUT2D eigenvalue weighted by Crippen LogP contribution is -2.50. The van der Waals surface area contributed by atoms with E-state index < -0.39 is 0 Å². The van der Waals surface area contributed by atoms with Crippen LogP contribution in [-0.2, 0) is 5.41 Å². The second-order valence-corrected chi connectivity index (χ2v) is 10.5. The molecule has 0 aliphatic heterocycles. The highest BCUT2D eigenvalue weighted by atomic mass is 14.6. The second-order valence-electron chi connectivity index (χ2n) is 10.5. The van der Waals surface area contributed by atoms with E-state index in [0.29, 0.717) is 5.92 Å². The molecule has 4 fully saturated rings. The lowest BCUT2D eigenvalue weighted by atomic mass is 9.45. The smallest absolute Gasteiger partial charge is 0.0622 e. The predicted octanol–water partition coefficient (Wildman–Crippen LogP) is 6.73. The van der Waals surface area contributed by atoms with Gasteiger partial charge in [-0.3, -0.25) is 0 Å². The second kappa shape index (κ2) is 5.75. The maximum atomic E-state index is 3.98. The van der Waals surface area contributed by atoms with Crippen molar-refractivity contribution < 1.29 is 0 Å². The molecular formula is C29H29. The summed E-state index contributed by atoms with van der Waals surface area (Å²) in [5.41, 5.74) is 7.86. The van der Waals surface area contributed by atoms with Crippen LogP contribution in [0, 0.1) is 41.6 Å². The Morgan fingerprint density at radius 3 is 1.69 bits per heavy atom. The maximum Gasteiger partial charge on any atom is 0.0679 e. The Labute approximate surface area is 174 Å². The summed E-state index contributed by atoms with van der Waals surface area (Å²) in [6, 6.07) is 22.5. The fraction of sp³-hybridized carbons (Fsp3) is 0.448. The first kappa shape index (κ1) is 16.7. The SMILES string of the molecule is CC1[C]=C2C(C3C4CC5CC(C4)CC3C5)=C1C2(c1ccccc1)c1ccccc1. The van der Waals surface area contributed by atoms with Gasteiger partial charge in [-0.15, -0.1) is 0 Å². The number of allylic oxidation sites excluding steroid dienone is 4. The molecule has 4 saturated carbocycles. The highest BCUT2D eigenvalue weighted by Gasteiger charge is 2.62. The third-order valence-electron chi connectivity index (χ3n) is 9.11. The first-order valence-corrected chi connectivity index (χ1v) is 11.8. The molecule has 145 valence electrons. The van der Waals surface area contributed by atoms with E-state index in [0.717, 1.165) is 29.6 Å². The Morgan fingerprint density at radius 2 is 1.24 bits per heavy atom. The van der Waals surface area contributed by atoms with E-state index in [1.807, 2.05) is 0 Å². The summed E-state index contributed by atoms with van der Waals surface area (Å²) < 4.78 is 0. The van der Waals surface area contributed by atoms with Gasteiger partial charge in [0.1, 0.15) is 0 Å². The highest BCUT2D eigenvalue weighted by molar-refractivity contribution is 5.77. The normalized spacial score (nSPS) is 38.2. The predicted molar refractivity (Wildman–Crippen MR) is 117 cm³/mol. The van der Waals surface area contributed by atoms with Crippen molar-refractivity contribution in [1.29, 1.82) is 0 Å². The Balaban J connectivity index is 1.42. The molecule has 1 radical (unpaired) electrons. The molecule has 0 heterocycles. The van der Waals surface area contributed by atoms with E-state index >= 15 is 0 Å². The molecule has 0 N–H and O–H groups in total. The summed E-state index contributed by atoms with van der Waals surface area (Å²) in [4.78, 5) is 0. The van der Waals surface area contributed by atoms with Gasteiger partial charge in [-0.25, -0.2) is 0 Å². The van der Waals surface area contributed by atoms with Gasteiger partial charge in [0, 0.05) is 5.92 Å². The van der Waals surface area contributed by atoms with Crippen molar-refractivity contribution in [3.63, 3.8) is 0 Å². The molecule has 2 aromatic rings. The molecule has 0 aromatic heterocycles. The van der Waals surface area contributed by atoms with Crippen LogP contribution in [0.1, 0.15) is 50.2 Å². The summed E-state index contributed by atoms with van der Waals surface area (Å²) in [6.45, 7) is 2.39. The minimum atomic E-state index is -0.0358. The van der Waals surface area contributed by atoms with Crippen molar-refractivity contribution in [2.24, 2.45) is 35.5 Å². The van der Waals surface area contributed by atoms with Crippen LogP contribution < -0.4 is 0 Å². The van der Waals surface area contributed by atoms with Gasteiger partial charge in [-0.2, -0.15) is 0 Å². The van der Waals surface area contributed by atoms with Crippen molar-refractivity contribution in [1.82, 2.24) is 0 Å². The van der Waals surface area contributed by atoms with Crippen LogP contribution in [0.4, 0.5) is 0 Å². The monoisotopic (exact) mass is 377 g/mol. The van der Waals surface area contributed by atoms with Crippen molar-refractivity contribution in [2.75, 3.05) is 0 Å².